The molecule has 44 heavy (non-hydrogen) atoms. The molecule has 1 aromatic carbocycles. The minimum atomic E-state index is -1.19. The van der Waals surface area contributed by atoms with Gasteiger partial charge in [0.1, 0.15) is 17.7 Å². The Morgan fingerprint density at radius 1 is 1.23 bits per heavy atom. The Kier molecular flexibility index (Phi) is 11.0. The summed E-state index contributed by atoms with van der Waals surface area (Å²) >= 11 is 0. The van der Waals surface area contributed by atoms with Crippen LogP contribution in [0.2, 0.25) is 0 Å². The number of aliphatic hydroxyl groups excluding tert-OH is 1. The molecule has 1 aromatic rings. The van der Waals surface area contributed by atoms with Crippen LogP contribution in [-0.4, -0.2) is 101 Å². The van der Waals surface area contributed by atoms with E-state index >= 15 is 0 Å². The Balaban J connectivity index is 1.65. The van der Waals surface area contributed by atoms with Crippen molar-refractivity contribution in [2.75, 3.05) is 33.3 Å². The molecule has 10 heteroatoms. The molecule has 0 radical (unpaired) electrons. The molecule has 3 aliphatic rings. The van der Waals surface area contributed by atoms with Crippen LogP contribution < -0.4 is 0 Å². The lowest BCUT2D eigenvalue weighted by Crippen LogP contribution is -2.56. The Bertz CT molecular complexity index is 1220. The van der Waals surface area contributed by atoms with Crippen molar-refractivity contribution in [1.82, 2.24) is 14.7 Å². The first-order valence-corrected chi connectivity index (χ1v) is 15.8. The molecule has 3 heterocycles. The van der Waals surface area contributed by atoms with Crippen LogP contribution in [0.25, 0.3) is 0 Å². The molecule has 0 saturated carbocycles. The maximum Gasteiger partial charge on any atom is 0.313 e. The number of allylic oxidation sites excluding steroid dienone is 1. The molecule has 0 aliphatic carbocycles. The van der Waals surface area contributed by atoms with E-state index in [1.54, 1.807) is 29.0 Å². The Morgan fingerprint density at radius 2 is 1.95 bits per heavy atom. The number of aliphatic hydroxyl groups is 1. The van der Waals surface area contributed by atoms with Crippen molar-refractivity contribution >= 4 is 23.7 Å². The molecule has 0 aromatic heterocycles. The summed E-state index contributed by atoms with van der Waals surface area (Å²) in [6.07, 6.45) is 5.43. The number of hydrogen-bond donors (Lipinski definition) is 1. The maximum atomic E-state index is 14.1. The smallest absolute Gasteiger partial charge is 0.313 e. The number of likely N-dealkylation sites (N-methyl/N-ethyl adjacent to an activating group) is 1. The maximum absolute atomic E-state index is 14.1. The Labute approximate surface area is 260 Å². The van der Waals surface area contributed by atoms with E-state index in [9.17, 15) is 24.3 Å². The highest BCUT2D eigenvalue weighted by Crippen LogP contribution is 2.59. The predicted molar refractivity (Wildman–Crippen MR) is 165 cm³/mol. The second-order valence-corrected chi connectivity index (χ2v) is 12.1. The van der Waals surface area contributed by atoms with Crippen molar-refractivity contribution in [3.05, 3.63) is 61.2 Å². The molecule has 3 saturated heterocycles. The normalized spacial score (nSPS) is 26.5. The highest BCUT2D eigenvalue weighted by Gasteiger charge is 2.75. The molecular formula is C34H47N3O7. The number of likely N-dealkylation sites (tertiary alicyclic amines) is 1. The lowest BCUT2D eigenvalue weighted by molar-refractivity contribution is -0.164. The van der Waals surface area contributed by atoms with Crippen LogP contribution in [0.15, 0.2) is 55.6 Å². The van der Waals surface area contributed by atoms with E-state index < -0.39 is 47.7 Å². The lowest BCUT2D eigenvalue weighted by Gasteiger charge is -2.36. The molecule has 240 valence electrons. The first kappa shape index (κ1) is 33.4. The van der Waals surface area contributed by atoms with Gasteiger partial charge in [-0.1, -0.05) is 55.8 Å². The topological polar surface area (TPSA) is 117 Å². The quantitative estimate of drug-likeness (QED) is 0.226. The van der Waals surface area contributed by atoms with Gasteiger partial charge < -0.3 is 29.3 Å². The van der Waals surface area contributed by atoms with Crippen molar-refractivity contribution in [3.63, 3.8) is 0 Å². The van der Waals surface area contributed by atoms with Crippen molar-refractivity contribution in [2.24, 2.45) is 11.8 Å². The fourth-order valence-corrected chi connectivity index (χ4v) is 7.14. The molecule has 4 rings (SSSR count). The number of amides is 3. The molecule has 3 aliphatic heterocycles. The van der Waals surface area contributed by atoms with Gasteiger partial charge in [-0.15, -0.1) is 13.2 Å². The number of carbonyl (C=O) groups excluding carboxylic acids is 4. The largest absolute Gasteiger partial charge is 0.455 e. The number of hydrogen-bond acceptors (Lipinski definition) is 7. The number of nitrogens with zero attached hydrogens (tertiary/aromatic N) is 3. The van der Waals surface area contributed by atoms with Gasteiger partial charge >= 0.3 is 5.97 Å². The fraction of sp³-hybridized carbons (Fsp3) is 0.588. The number of fused-ring (bicyclic) bond motifs is 1. The molecule has 10 nitrogen and oxygen atoms in total. The minimum Gasteiger partial charge on any atom is -0.455 e. The van der Waals surface area contributed by atoms with E-state index in [-0.39, 0.29) is 37.3 Å². The van der Waals surface area contributed by atoms with Gasteiger partial charge in [0.05, 0.1) is 30.6 Å². The number of esters is 1. The van der Waals surface area contributed by atoms with Crippen LogP contribution >= 0.6 is 0 Å². The summed E-state index contributed by atoms with van der Waals surface area (Å²) in [4.78, 5) is 59.8. The van der Waals surface area contributed by atoms with E-state index in [0.29, 0.717) is 32.4 Å². The van der Waals surface area contributed by atoms with E-state index in [1.165, 1.54) is 4.90 Å². The molecular weight excluding hydrogens is 562 g/mol. The lowest BCUT2D eigenvalue weighted by atomic mass is 9.70. The average molecular weight is 610 g/mol. The highest BCUT2D eigenvalue weighted by atomic mass is 16.6. The zero-order chi connectivity index (χ0) is 32.0. The number of unbranched alkanes of at least 4 members (excludes halogenated alkanes) is 1. The van der Waals surface area contributed by atoms with Crippen LogP contribution in [0, 0.1) is 11.8 Å². The average Bonchev–Trinajstić information content (AvgIpc) is 3.67. The molecule has 1 N–H and O–H groups in total. The number of ether oxygens (including phenoxy) is 2. The molecule has 3 amide bonds. The minimum absolute atomic E-state index is 0.0414. The van der Waals surface area contributed by atoms with Crippen LogP contribution in [-0.2, 0) is 28.7 Å². The molecule has 7 atom stereocenters. The highest BCUT2D eigenvalue weighted by molar-refractivity contribution is 5.98. The van der Waals surface area contributed by atoms with Crippen LogP contribution in [0.1, 0.15) is 64.0 Å². The summed E-state index contributed by atoms with van der Waals surface area (Å²) in [6.45, 7) is 11.8. The number of benzene rings is 1. The standard InChI is InChI=1S/C34H47N3O7/c1-6-9-16-26(39)35(5)23(4)29(24-14-12-11-13-15-24)43-33(42)27-25-17-18-34(44-25)28(27)31(40)37(21-22-38)30(34)32(41)36(19-8-3)20-10-7-2/h6,8,11-15,23,25,27-30,38H,1,3,7,9-10,16-22H2,2,4-5H3/t23-,25+,27-,28-,29+,30+,34-/m0/s1. The zero-order valence-corrected chi connectivity index (χ0v) is 26.2. The summed E-state index contributed by atoms with van der Waals surface area (Å²) in [7, 11) is 1.69. The fourth-order valence-electron chi connectivity index (χ4n) is 7.14. The predicted octanol–water partition coefficient (Wildman–Crippen LogP) is 3.27. The molecule has 2 bridgehead atoms. The van der Waals surface area contributed by atoms with Crippen LogP contribution in [0.3, 0.4) is 0 Å². The van der Waals surface area contributed by atoms with Gasteiger partial charge in [0.15, 0.2) is 0 Å². The van der Waals surface area contributed by atoms with Gasteiger partial charge in [-0.05, 0) is 38.2 Å². The van der Waals surface area contributed by atoms with E-state index in [2.05, 4.69) is 13.2 Å². The van der Waals surface area contributed by atoms with Gasteiger partial charge in [-0.25, -0.2) is 0 Å². The van der Waals surface area contributed by atoms with Crippen molar-refractivity contribution in [2.45, 2.75) is 82.3 Å². The van der Waals surface area contributed by atoms with Gasteiger partial charge in [0, 0.05) is 33.1 Å². The van der Waals surface area contributed by atoms with Gasteiger partial charge in [-0.3, -0.25) is 19.2 Å². The molecule has 3 fully saturated rings. The number of carbonyl (C=O) groups is 4. The summed E-state index contributed by atoms with van der Waals surface area (Å²) in [5.41, 5.74) is -0.464. The number of β-amino-alcohol motifs (C(OH)–C–C–N with tert-alkyl or cyclic N) is 1. The SMILES string of the molecule is C=CCCC(=O)N(C)[C@@H](C)[C@@H](OC(=O)[C@@H]1[C@H]2C(=O)N(CCO)[C@H](C(=O)N(CC=C)CCCC)[C@]23CC[C@H]1O3)c1ccccc1. The monoisotopic (exact) mass is 609 g/mol. The van der Waals surface area contributed by atoms with Crippen molar-refractivity contribution in [3.8, 4) is 0 Å². The summed E-state index contributed by atoms with van der Waals surface area (Å²) in [6, 6.07) is 7.78. The number of rotatable bonds is 16. The summed E-state index contributed by atoms with van der Waals surface area (Å²) < 4.78 is 12.7. The summed E-state index contributed by atoms with van der Waals surface area (Å²) in [5.74, 6) is -3.16. The van der Waals surface area contributed by atoms with Crippen molar-refractivity contribution in [1.29, 1.82) is 0 Å². The van der Waals surface area contributed by atoms with Gasteiger partial charge in [0.25, 0.3) is 0 Å². The second-order valence-electron chi connectivity index (χ2n) is 12.1. The third-order valence-electron chi connectivity index (χ3n) is 9.47. The molecule has 0 unspecified atom stereocenters. The van der Waals surface area contributed by atoms with E-state index in [0.717, 1.165) is 18.4 Å². The molecule has 1 spiro atoms. The van der Waals surface area contributed by atoms with E-state index in [4.69, 9.17) is 9.47 Å². The van der Waals surface area contributed by atoms with Crippen LogP contribution in [0.4, 0.5) is 0 Å². The Morgan fingerprint density at radius 3 is 2.59 bits per heavy atom. The first-order valence-electron chi connectivity index (χ1n) is 15.8. The third kappa shape index (κ3) is 6.19. The first-order chi connectivity index (χ1) is 21.2. The van der Waals surface area contributed by atoms with Gasteiger partial charge in [-0.2, -0.15) is 0 Å². The van der Waals surface area contributed by atoms with Gasteiger partial charge in [0.2, 0.25) is 17.7 Å². The zero-order valence-electron chi connectivity index (χ0n) is 26.2. The summed E-state index contributed by atoms with van der Waals surface area (Å²) in [5, 5.41) is 9.88. The second kappa shape index (κ2) is 14.5. The third-order valence-corrected chi connectivity index (χ3v) is 9.47. The Hall–Kier alpha value is -3.50. The van der Waals surface area contributed by atoms with Crippen LogP contribution in [0.5, 0.6) is 0 Å². The van der Waals surface area contributed by atoms with Crippen molar-refractivity contribution < 1.29 is 33.8 Å². The van der Waals surface area contributed by atoms with E-state index in [1.807, 2.05) is 44.2 Å².